The zero-order chi connectivity index (χ0) is 35.4. The van der Waals surface area contributed by atoms with E-state index in [4.69, 9.17) is 23.2 Å². The van der Waals surface area contributed by atoms with Crippen molar-refractivity contribution in [3.8, 4) is 0 Å². The van der Waals surface area contributed by atoms with Crippen LogP contribution in [-0.4, -0.2) is 54.7 Å². The number of unbranched alkanes of at least 4 members (excludes halogenated alkanes) is 1. The lowest BCUT2D eigenvalue weighted by Crippen LogP contribution is -2.55. The molecule has 1 aromatic heterocycles. The summed E-state index contributed by atoms with van der Waals surface area (Å²) in [5.41, 5.74) is -0.00442. The van der Waals surface area contributed by atoms with Crippen molar-refractivity contribution in [2.24, 2.45) is 0 Å². The van der Waals surface area contributed by atoms with Crippen molar-refractivity contribution >= 4 is 73.0 Å². The third-order valence-electron chi connectivity index (χ3n) is 9.01. The summed E-state index contributed by atoms with van der Waals surface area (Å²) in [6.45, 7) is 6.72. The molecule has 1 aromatic carbocycles. The second kappa shape index (κ2) is 13.2. The lowest BCUT2D eigenvalue weighted by molar-refractivity contribution is -0.707. The predicted molar refractivity (Wildman–Crippen MR) is 178 cm³/mol. The Morgan fingerprint density at radius 1 is 1.19 bits per heavy atom. The predicted octanol–water partition coefficient (Wildman–Crippen LogP) is 4.47. The highest BCUT2D eigenvalue weighted by Crippen LogP contribution is 2.55. The summed E-state index contributed by atoms with van der Waals surface area (Å²) in [5.74, 6) is 0.511. The molecule has 10 nitrogen and oxygen atoms in total. The molecular formula is C31H35Cl2F3N4O6S2+2. The molecule has 48 heavy (non-hydrogen) atoms. The van der Waals surface area contributed by atoms with Crippen molar-refractivity contribution in [3.63, 3.8) is 0 Å². The van der Waals surface area contributed by atoms with E-state index >= 15 is 0 Å². The van der Waals surface area contributed by atoms with Crippen LogP contribution >= 0.6 is 23.2 Å². The van der Waals surface area contributed by atoms with Crippen molar-refractivity contribution in [3.05, 3.63) is 67.8 Å². The minimum atomic E-state index is -4.80. The van der Waals surface area contributed by atoms with Gasteiger partial charge < -0.3 is 4.55 Å². The molecule has 260 valence electrons. The summed E-state index contributed by atoms with van der Waals surface area (Å²) in [5, 5.41) is -0.0280. The van der Waals surface area contributed by atoms with Crippen molar-refractivity contribution in [2.45, 2.75) is 71.1 Å². The van der Waals surface area contributed by atoms with Gasteiger partial charge in [0.2, 0.25) is 11.2 Å². The quantitative estimate of drug-likeness (QED) is 0.125. The van der Waals surface area contributed by atoms with Gasteiger partial charge in [-0.1, -0.05) is 11.6 Å². The lowest BCUT2D eigenvalue weighted by Gasteiger charge is -2.35. The summed E-state index contributed by atoms with van der Waals surface area (Å²) in [6.07, 6.45) is 6.22. The second-order valence-electron chi connectivity index (χ2n) is 11.9. The molecule has 5 rings (SSSR count). The highest BCUT2D eigenvalue weighted by Gasteiger charge is 2.60. The summed E-state index contributed by atoms with van der Waals surface area (Å²) < 4.78 is 115. The van der Waals surface area contributed by atoms with Crippen LogP contribution in [0.5, 0.6) is 0 Å². The molecule has 0 radical (unpaired) electrons. The second-order valence-corrected chi connectivity index (χ2v) is 15.8. The molecule has 0 bridgehead atoms. The van der Waals surface area contributed by atoms with Crippen LogP contribution in [0.25, 0.3) is 18.2 Å². The average Bonchev–Trinajstić information content (AvgIpc) is 3.61. The van der Waals surface area contributed by atoms with Crippen LogP contribution < -0.4 is 24.6 Å². The summed E-state index contributed by atoms with van der Waals surface area (Å²) in [6, 6.07) is 2.08. The molecule has 1 N–H and O–H groups in total. The molecule has 2 atom stereocenters. The Bertz CT molecular complexity index is 2090. The number of hydrogen-bond donors (Lipinski definition) is 1. The highest BCUT2D eigenvalue weighted by molar-refractivity contribution is 7.86. The van der Waals surface area contributed by atoms with Gasteiger partial charge in [-0.15, -0.1) is 0 Å². The maximum atomic E-state index is 14.0. The van der Waals surface area contributed by atoms with Crippen molar-refractivity contribution in [2.75, 3.05) is 23.7 Å². The van der Waals surface area contributed by atoms with Crippen LogP contribution in [-0.2, 0) is 39.5 Å². The first-order valence-electron chi connectivity index (χ1n) is 15.3. The maximum Gasteiger partial charge on any atom is 0.418 e. The largest absolute Gasteiger partial charge is 0.748 e. The Morgan fingerprint density at radius 2 is 1.90 bits per heavy atom. The van der Waals surface area contributed by atoms with Crippen LogP contribution in [0.15, 0.2) is 40.7 Å². The Labute approximate surface area is 287 Å². The summed E-state index contributed by atoms with van der Waals surface area (Å²) in [4.78, 5) is 1.71. The monoisotopic (exact) mass is 750 g/mol. The molecule has 1 saturated heterocycles. The van der Waals surface area contributed by atoms with E-state index in [1.807, 2.05) is 16.1 Å². The van der Waals surface area contributed by atoms with E-state index in [0.717, 1.165) is 11.4 Å². The van der Waals surface area contributed by atoms with Crippen LogP contribution in [0, 0.1) is 0 Å². The minimum absolute atomic E-state index is 0.0277. The Balaban J connectivity index is 1.69. The van der Waals surface area contributed by atoms with Gasteiger partial charge in [0.15, 0.2) is 10.7 Å². The molecule has 1 aliphatic carbocycles. The average molecular weight is 752 g/mol. The van der Waals surface area contributed by atoms with Crippen LogP contribution in [0.1, 0.15) is 57.8 Å². The van der Waals surface area contributed by atoms with E-state index < -0.39 is 52.6 Å². The summed E-state index contributed by atoms with van der Waals surface area (Å²) >= 11 is 12.6. The standard InChI is InChI=1S/C31H34Cl2F3N4O6S2/c1-4-37-25-18-22(32)20(3)16-24(25)39(13-6-7-15-47(41,42)43)28(37)10-8-11-29-38(5-2)26-19-23(33)21(31(34,35)36)17-27(26)40(29)14-9-12-30(40)48(44,45)46/h8,10-11,17-19,30H,4-7,9,12-15H2,1-3H3/q+1/p+1. The molecule has 3 aliphatic rings. The first-order chi connectivity index (χ1) is 22.3. The first-order valence-corrected chi connectivity index (χ1v) is 19.2. The molecule has 0 saturated carbocycles. The first kappa shape index (κ1) is 36.5. The third kappa shape index (κ3) is 6.59. The van der Waals surface area contributed by atoms with Gasteiger partial charge in [0.25, 0.3) is 11.2 Å². The molecule has 1 fully saturated rings. The fourth-order valence-corrected chi connectivity index (χ4v) is 9.24. The molecule has 1 spiro atoms. The maximum absolute atomic E-state index is 14.0. The topological polar surface area (TPSA) is 124 Å². The van der Waals surface area contributed by atoms with Gasteiger partial charge in [-0.05, 0) is 45.8 Å². The number of benzene rings is 1. The van der Waals surface area contributed by atoms with Gasteiger partial charge in [0, 0.05) is 55.0 Å². The van der Waals surface area contributed by atoms with Crippen LogP contribution in [0.2, 0.25) is 5.02 Å². The molecule has 2 unspecified atom stereocenters. The Kier molecular flexibility index (Phi) is 10.0. The van der Waals surface area contributed by atoms with E-state index in [0.29, 0.717) is 59.2 Å². The normalized spacial score (nSPS) is 22.0. The number of aromatic nitrogens is 2. The SMILES string of the molecule is CCN1C(=CC=Cc2n(CCCCS(=O)(=O)[O-])c3c([n+]2CC)=CC(Cl)=C(C)[C+]=3)[N+]2(CCCC2S(=O)(=O)O)c2cc(C(F)(F)F)c(Cl)cc21. The number of rotatable bonds is 10. The number of halogens is 5. The van der Waals surface area contributed by atoms with Gasteiger partial charge in [0.1, 0.15) is 30.0 Å². The highest BCUT2D eigenvalue weighted by atomic mass is 35.5. The van der Waals surface area contributed by atoms with Crippen LogP contribution in [0.3, 0.4) is 0 Å². The number of nitrogens with zero attached hydrogens (tertiary/aromatic N) is 4. The van der Waals surface area contributed by atoms with Crippen LogP contribution in [0.4, 0.5) is 24.5 Å². The molecule has 3 heterocycles. The van der Waals surface area contributed by atoms with E-state index in [1.165, 1.54) is 6.07 Å². The minimum Gasteiger partial charge on any atom is -0.748 e. The Hall–Kier alpha value is -2.75. The zero-order valence-electron chi connectivity index (χ0n) is 26.4. The van der Waals surface area contributed by atoms with Crippen molar-refractivity contribution in [1.29, 1.82) is 0 Å². The molecular weight excluding hydrogens is 716 g/mol. The Morgan fingerprint density at radius 3 is 2.50 bits per heavy atom. The number of alkyl halides is 3. The molecule has 0 amide bonds. The van der Waals surface area contributed by atoms with Gasteiger partial charge in [-0.25, -0.2) is 12.9 Å². The molecule has 2 aromatic rings. The van der Waals surface area contributed by atoms with Crippen molar-refractivity contribution in [1.82, 2.24) is 9.05 Å². The van der Waals surface area contributed by atoms with Crippen molar-refractivity contribution < 1.29 is 43.7 Å². The van der Waals surface area contributed by atoms with E-state index in [-0.39, 0.29) is 31.6 Å². The number of hydrogen-bond acceptors (Lipinski definition) is 6. The van der Waals surface area contributed by atoms with E-state index in [2.05, 4.69) is 6.08 Å². The fourth-order valence-electron chi connectivity index (χ4n) is 7.02. The molecule has 2 aliphatic heterocycles. The fraction of sp³-hybridized carbons (Fsp3) is 0.452. The van der Waals surface area contributed by atoms with Gasteiger partial charge in [0.05, 0.1) is 33.8 Å². The number of imidazole rings is 1. The lowest BCUT2D eigenvalue weighted by atomic mass is 10.1. The number of quaternary nitrogens is 1. The summed E-state index contributed by atoms with van der Waals surface area (Å²) in [7, 11) is -9.11. The van der Waals surface area contributed by atoms with E-state index in [1.54, 1.807) is 43.1 Å². The van der Waals surface area contributed by atoms with Gasteiger partial charge in [-0.3, -0.25) is 9.45 Å². The number of fused-ring (bicyclic) bond motifs is 3. The van der Waals surface area contributed by atoms with Gasteiger partial charge >= 0.3 is 21.6 Å². The van der Waals surface area contributed by atoms with E-state index in [9.17, 15) is 39.1 Å². The molecule has 17 heteroatoms. The zero-order valence-corrected chi connectivity index (χ0v) is 29.5. The third-order valence-corrected chi connectivity index (χ3v) is 11.8. The number of anilines is 1. The number of allylic oxidation sites excluding steroid dienone is 4. The smallest absolute Gasteiger partial charge is 0.418 e. The van der Waals surface area contributed by atoms with Gasteiger partial charge in [-0.2, -0.15) is 30.7 Å².